The van der Waals surface area contributed by atoms with Gasteiger partial charge in [0.2, 0.25) is 0 Å². The summed E-state index contributed by atoms with van der Waals surface area (Å²) < 4.78 is 0. The lowest BCUT2D eigenvalue weighted by Gasteiger charge is -2.14. The minimum absolute atomic E-state index is 0.339. The molecule has 0 spiro atoms. The van der Waals surface area contributed by atoms with Gasteiger partial charge in [0.15, 0.2) is 0 Å². The van der Waals surface area contributed by atoms with Crippen LogP contribution in [0.4, 0.5) is 5.69 Å². The van der Waals surface area contributed by atoms with Gasteiger partial charge in [-0.25, -0.2) is 4.79 Å². The van der Waals surface area contributed by atoms with Crippen molar-refractivity contribution in [2.24, 2.45) is 5.92 Å². The van der Waals surface area contributed by atoms with Gasteiger partial charge in [-0.3, -0.25) is 0 Å². The van der Waals surface area contributed by atoms with Crippen LogP contribution in [0, 0.1) is 5.92 Å². The molecular weight excluding hydrogens is 202 g/mol. The first-order valence-electron chi connectivity index (χ1n) is 5.71. The first-order chi connectivity index (χ1) is 7.65. The number of para-hydroxylation sites is 1. The highest BCUT2D eigenvalue weighted by Gasteiger charge is 2.09. The van der Waals surface area contributed by atoms with E-state index in [1.807, 2.05) is 12.1 Å². The third kappa shape index (κ3) is 3.57. The lowest BCUT2D eigenvalue weighted by atomic mass is 10.1. The summed E-state index contributed by atoms with van der Waals surface area (Å²) in [7, 11) is 0. The Labute approximate surface area is 96.5 Å². The summed E-state index contributed by atoms with van der Waals surface area (Å²) in [5.41, 5.74) is 1.05. The molecule has 0 radical (unpaired) electrons. The normalized spacial score (nSPS) is 12.1. The Morgan fingerprint density at radius 2 is 2.12 bits per heavy atom. The lowest BCUT2D eigenvalue weighted by molar-refractivity contribution is 0.0698. The summed E-state index contributed by atoms with van der Waals surface area (Å²) in [6, 6.07) is 7.01. The zero-order chi connectivity index (χ0) is 12.0. The Bertz CT molecular complexity index is 350. The van der Waals surface area contributed by atoms with Crippen molar-refractivity contribution < 1.29 is 9.90 Å². The molecule has 0 aliphatic rings. The Balaban J connectivity index is 2.63. The SMILES string of the molecule is CCCC(C)CNc1ccccc1C(=O)O. The molecule has 0 saturated carbocycles. The Kier molecular flexibility index (Phi) is 4.83. The number of aromatic carboxylic acids is 1. The summed E-state index contributed by atoms with van der Waals surface area (Å²) >= 11 is 0. The van der Waals surface area contributed by atoms with Crippen molar-refractivity contribution in [1.82, 2.24) is 0 Å². The highest BCUT2D eigenvalue weighted by Crippen LogP contribution is 2.16. The number of hydrogen-bond donors (Lipinski definition) is 2. The number of carboxylic acids is 1. The molecule has 88 valence electrons. The van der Waals surface area contributed by atoms with E-state index >= 15 is 0 Å². The summed E-state index contributed by atoms with van der Waals surface area (Å²) in [5, 5.41) is 12.2. The maximum Gasteiger partial charge on any atom is 0.337 e. The molecule has 0 bridgehead atoms. The van der Waals surface area contributed by atoms with Crippen LogP contribution in [0.15, 0.2) is 24.3 Å². The molecule has 0 aliphatic carbocycles. The van der Waals surface area contributed by atoms with Crippen molar-refractivity contribution in [1.29, 1.82) is 0 Å². The quantitative estimate of drug-likeness (QED) is 0.775. The minimum atomic E-state index is -0.883. The summed E-state index contributed by atoms with van der Waals surface area (Å²) in [6.45, 7) is 5.14. The average molecular weight is 221 g/mol. The molecule has 0 amide bonds. The van der Waals surface area contributed by atoms with Crippen molar-refractivity contribution >= 4 is 11.7 Å². The maximum absolute atomic E-state index is 11.0. The van der Waals surface area contributed by atoms with Gasteiger partial charge in [0, 0.05) is 12.2 Å². The number of carboxylic acid groups (broad SMARTS) is 1. The molecule has 0 heterocycles. The Morgan fingerprint density at radius 3 is 2.75 bits per heavy atom. The second-order valence-electron chi connectivity index (χ2n) is 4.13. The van der Waals surface area contributed by atoms with Gasteiger partial charge in [-0.1, -0.05) is 32.4 Å². The predicted molar refractivity (Wildman–Crippen MR) is 66.0 cm³/mol. The highest BCUT2D eigenvalue weighted by atomic mass is 16.4. The molecule has 3 heteroatoms. The average Bonchev–Trinajstić information content (AvgIpc) is 2.27. The summed E-state index contributed by atoms with van der Waals surface area (Å²) in [4.78, 5) is 11.0. The van der Waals surface area contributed by atoms with E-state index in [9.17, 15) is 4.79 Å². The molecule has 1 aromatic rings. The fourth-order valence-electron chi connectivity index (χ4n) is 1.70. The first-order valence-corrected chi connectivity index (χ1v) is 5.71. The first kappa shape index (κ1) is 12.6. The number of hydrogen-bond acceptors (Lipinski definition) is 2. The number of anilines is 1. The van der Waals surface area contributed by atoms with Crippen LogP contribution in [-0.2, 0) is 0 Å². The smallest absolute Gasteiger partial charge is 0.337 e. The third-order valence-corrected chi connectivity index (χ3v) is 2.58. The van der Waals surface area contributed by atoms with Gasteiger partial charge in [-0.2, -0.15) is 0 Å². The Hall–Kier alpha value is -1.51. The number of rotatable bonds is 6. The molecule has 1 rings (SSSR count). The zero-order valence-electron chi connectivity index (χ0n) is 9.86. The Morgan fingerprint density at radius 1 is 1.44 bits per heavy atom. The van der Waals surface area contributed by atoms with Crippen LogP contribution in [0.5, 0.6) is 0 Å². The number of benzene rings is 1. The molecule has 16 heavy (non-hydrogen) atoms. The van der Waals surface area contributed by atoms with Gasteiger partial charge in [-0.05, 0) is 24.5 Å². The van der Waals surface area contributed by atoms with Crippen molar-refractivity contribution in [2.75, 3.05) is 11.9 Å². The number of nitrogens with one attached hydrogen (secondary N) is 1. The van der Waals surface area contributed by atoms with E-state index in [0.29, 0.717) is 17.2 Å². The molecule has 0 fully saturated rings. The van der Waals surface area contributed by atoms with Gasteiger partial charge in [-0.15, -0.1) is 0 Å². The topological polar surface area (TPSA) is 49.3 Å². The summed E-state index contributed by atoms with van der Waals surface area (Å²) in [6.07, 6.45) is 2.31. The van der Waals surface area contributed by atoms with Crippen LogP contribution in [0.3, 0.4) is 0 Å². The van der Waals surface area contributed by atoms with Gasteiger partial charge in [0.1, 0.15) is 0 Å². The number of carbonyl (C=O) groups is 1. The van der Waals surface area contributed by atoms with E-state index < -0.39 is 5.97 Å². The largest absolute Gasteiger partial charge is 0.478 e. The van der Waals surface area contributed by atoms with Gasteiger partial charge in [0.25, 0.3) is 0 Å². The molecule has 0 aromatic heterocycles. The van der Waals surface area contributed by atoms with E-state index in [1.54, 1.807) is 12.1 Å². The van der Waals surface area contributed by atoms with E-state index in [1.165, 1.54) is 0 Å². The zero-order valence-corrected chi connectivity index (χ0v) is 9.86. The molecular formula is C13H19NO2. The van der Waals surface area contributed by atoms with E-state index in [0.717, 1.165) is 19.4 Å². The van der Waals surface area contributed by atoms with E-state index in [-0.39, 0.29) is 0 Å². The van der Waals surface area contributed by atoms with Crippen LogP contribution in [-0.4, -0.2) is 17.6 Å². The fourth-order valence-corrected chi connectivity index (χ4v) is 1.70. The minimum Gasteiger partial charge on any atom is -0.478 e. The van der Waals surface area contributed by atoms with E-state index in [4.69, 9.17) is 5.11 Å². The molecule has 1 aromatic carbocycles. The predicted octanol–water partition coefficient (Wildman–Crippen LogP) is 3.23. The fraction of sp³-hybridized carbons (Fsp3) is 0.462. The molecule has 2 N–H and O–H groups in total. The van der Waals surface area contributed by atoms with Crippen molar-refractivity contribution in [3.05, 3.63) is 29.8 Å². The lowest BCUT2D eigenvalue weighted by Crippen LogP contribution is -2.13. The standard InChI is InChI=1S/C13H19NO2/c1-3-6-10(2)9-14-12-8-5-4-7-11(12)13(15)16/h4-5,7-8,10,14H,3,6,9H2,1-2H3,(H,15,16). The van der Waals surface area contributed by atoms with Crippen molar-refractivity contribution in [3.63, 3.8) is 0 Å². The van der Waals surface area contributed by atoms with Crippen LogP contribution in [0.1, 0.15) is 37.0 Å². The van der Waals surface area contributed by atoms with Gasteiger partial charge in [0.05, 0.1) is 5.56 Å². The second-order valence-corrected chi connectivity index (χ2v) is 4.13. The van der Waals surface area contributed by atoms with Crippen LogP contribution < -0.4 is 5.32 Å². The maximum atomic E-state index is 11.0. The monoisotopic (exact) mass is 221 g/mol. The summed E-state index contributed by atoms with van der Waals surface area (Å²) in [5.74, 6) is -0.321. The van der Waals surface area contributed by atoms with Crippen molar-refractivity contribution in [2.45, 2.75) is 26.7 Å². The molecule has 1 unspecified atom stereocenters. The van der Waals surface area contributed by atoms with Crippen LogP contribution in [0.25, 0.3) is 0 Å². The van der Waals surface area contributed by atoms with Crippen molar-refractivity contribution in [3.8, 4) is 0 Å². The van der Waals surface area contributed by atoms with E-state index in [2.05, 4.69) is 19.2 Å². The van der Waals surface area contributed by atoms with Gasteiger partial charge >= 0.3 is 5.97 Å². The van der Waals surface area contributed by atoms with Gasteiger partial charge < -0.3 is 10.4 Å². The molecule has 0 saturated heterocycles. The highest BCUT2D eigenvalue weighted by molar-refractivity contribution is 5.94. The molecule has 3 nitrogen and oxygen atoms in total. The van der Waals surface area contributed by atoms with Crippen LogP contribution >= 0.6 is 0 Å². The molecule has 1 atom stereocenters. The van der Waals surface area contributed by atoms with Crippen LogP contribution in [0.2, 0.25) is 0 Å². The molecule has 0 aliphatic heterocycles. The second kappa shape index (κ2) is 6.16. The third-order valence-electron chi connectivity index (χ3n) is 2.58.